The maximum atomic E-state index is 6.46. The van der Waals surface area contributed by atoms with Gasteiger partial charge in [-0.1, -0.05) is 93.5 Å². The Bertz CT molecular complexity index is 1040. The van der Waals surface area contributed by atoms with Gasteiger partial charge < -0.3 is 28.4 Å². The summed E-state index contributed by atoms with van der Waals surface area (Å²) in [5.74, 6) is 3.33. The van der Waals surface area contributed by atoms with Crippen molar-refractivity contribution < 1.29 is 28.4 Å². The molecule has 2 aliphatic heterocycles. The molecular weight excluding hydrogens is 540 g/mol. The second-order valence-electron chi connectivity index (χ2n) is 14.0. The summed E-state index contributed by atoms with van der Waals surface area (Å²) < 4.78 is 34.9. The van der Waals surface area contributed by atoms with Gasteiger partial charge in [0.1, 0.15) is 36.9 Å². The van der Waals surface area contributed by atoms with Crippen LogP contribution >= 0.6 is 0 Å². The van der Waals surface area contributed by atoms with Crippen LogP contribution in [0.15, 0.2) is 24.3 Å². The Balaban J connectivity index is 1.64. The average molecular weight is 597 g/mol. The Morgan fingerprint density at radius 3 is 1.14 bits per heavy atom. The van der Waals surface area contributed by atoms with Gasteiger partial charge in [0, 0.05) is 5.41 Å². The molecule has 6 heteroatoms. The van der Waals surface area contributed by atoms with E-state index in [0.29, 0.717) is 63.3 Å². The third-order valence-electron chi connectivity index (χ3n) is 8.58. The molecule has 2 aromatic carbocycles. The Morgan fingerprint density at radius 2 is 0.884 bits per heavy atom. The monoisotopic (exact) mass is 596 g/mol. The first kappa shape index (κ1) is 33.8. The molecule has 2 saturated heterocycles. The molecule has 4 rings (SSSR count). The van der Waals surface area contributed by atoms with Gasteiger partial charge in [-0.2, -0.15) is 0 Å². The summed E-state index contributed by atoms with van der Waals surface area (Å²) in [4.78, 5) is 0. The fourth-order valence-electron chi connectivity index (χ4n) is 5.45. The molecule has 240 valence electrons. The SMILES string of the molecule is CC(C)c1cc(C(C)(C)c2cc(C(C)C)c(OCCOCC3CO3)c(C(C)C)c2)cc(C(C)C)c1OCCOCC1CO1. The van der Waals surface area contributed by atoms with E-state index >= 15 is 0 Å². The van der Waals surface area contributed by atoms with E-state index in [9.17, 15) is 0 Å². The van der Waals surface area contributed by atoms with Gasteiger partial charge in [0.25, 0.3) is 0 Å². The van der Waals surface area contributed by atoms with Crippen LogP contribution in [0, 0.1) is 0 Å². The standard InChI is InChI=1S/C37H56O6/c1-23(2)31-15-27(16-32(24(3)4)35(31)40-13-11-38-19-29-21-42-29)37(9,10)28-17-33(25(5)6)36(34(18-28)26(7)8)41-14-12-39-20-30-22-43-30/h15-18,23-26,29-30H,11-14,19-22H2,1-10H3. The molecule has 0 aromatic heterocycles. The highest BCUT2D eigenvalue weighted by molar-refractivity contribution is 5.55. The molecule has 2 aliphatic rings. The summed E-state index contributed by atoms with van der Waals surface area (Å²) in [6.07, 6.45) is 0.544. The first-order chi connectivity index (χ1) is 20.4. The van der Waals surface area contributed by atoms with E-state index in [1.165, 1.54) is 33.4 Å². The van der Waals surface area contributed by atoms with Crippen molar-refractivity contribution in [2.45, 2.75) is 111 Å². The van der Waals surface area contributed by atoms with E-state index in [2.05, 4.69) is 93.5 Å². The van der Waals surface area contributed by atoms with Crippen LogP contribution in [0.2, 0.25) is 0 Å². The molecule has 0 amide bonds. The predicted molar refractivity (Wildman–Crippen MR) is 173 cm³/mol. The lowest BCUT2D eigenvalue weighted by Gasteiger charge is -2.32. The molecule has 2 heterocycles. The lowest BCUT2D eigenvalue weighted by atomic mass is 9.73. The molecule has 2 atom stereocenters. The van der Waals surface area contributed by atoms with Crippen LogP contribution in [-0.2, 0) is 24.4 Å². The van der Waals surface area contributed by atoms with E-state index < -0.39 is 0 Å². The molecule has 0 radical (unpaired) electrons. The van der Waals surface area contributed by atoms with Crippen molar-refractivity contribution in [1.82, 2.24) is 0 Å². The van der Waals surface area contributed by atoms with E-state index in [4.69, 9.17) is 28.4 Å². The molecule has 0 bridgehead atoms. The zero-order valence-electron chi connectivity index (χ0n) is 28.4. The van der Waals surface area contributed by atoms with Crippen molar-refractivity contribution >= 4 is 0 Å². The van der Waals surface area contributed by atoms with E-state index in [1.54, 1.807) is 0 Å². The Hall–Kier alpha value is -2.12. The molecule has 0 N–H and O–H groups in total. The third kappa shape index (κ3) is 8.97. The number of rotatable bonds is 18. The molecule has 0 saturated carbocycles. The molecule has 0 spiro atoms. The molecular formula is C37H56O6. The first-order valence-corrected chi connectivity index (χ1v) is 16.4. The summed E-state index contributed by atoms with van der Waals surface area (Å²) in [5.41, 5.74) is 7.41. The van der Waals surface area contributed by atoms with Crippen LogP contribution in [0.5, 0.6) is 11.5 Å². The van der Waals surface area contributed by atoms with Crippen molar-refractivity contribution in [3.8, 4) is 11.5 Å². The highest BCUT2D eigenvalue weighted by atomic mass is 16.6. The minimum atomic E-state index is -0.224. The minimum absolute atomic E-state index is 0.224. The molecule has 0 aliphatic carbocycles. The Labute approximate surface area is 260 Å². The second kappa shape index (κ2) is 14.8. The highest BCUT2D eigenvalue weighted by Gasteiger charge is 2.30. The van der Waals surface area contributed by atoms with Gasteiger partial charge in [0.05, 0.1) is 39.6 Å². The van der Waals surface area contributed by atoms with Crippen LogP contribution in [0.25, 0.3) is 0 Å². The van der Waals surface area contributed by atoms with Crippen molar-refractivity contribution in [2.75, 3.05) is 52.9 Å². The number of hydrogen-bond donors (Lipinski definition) is 0. The largest absolute Gasteiger partial charge is 0.491 e. The van der Waals surface area contributed by atoms with Crippen LogP contribution in [0.3, 0.4) is 0 Å². The summed E-state index contributed by atoms with van der Waals surface area (Å²) >= 11 is 0. The quantitative estimate of drug-likeness (QED) is 0.128. The van der Waals surface area contributed by atoms with Gasteiger partial charge in [0.15, 0.2) is 0 Å². The summed E-state index contributed by atoms with van der Waals surface area (Å²) in [6.45, 7) is 27.9. The Morgan fingerprint density at radius 1 is 0.581 bits per heavy atom. The van der Waals surface area contributed by atoms with Crippen molar-refractivity contribution in [3.05, 3.63) is 57.6 Å². The molecule has 2 unspecified atom stereocenters. The normalized spacial score (nSPS) is 18.3. The van der Waals surface area contributed by atoms with Gasteiger partial charge in [-0.05, 0) is 57.1 Å². The fraction of sp³-hybridized carbons (Fsp3) is 0.676. The summed E-state index contributed by atoms with van der Waals surface area (Å²) in [5, 5.41) is 0. The smallest absolute Gasteiger partial charge is 0.126 e. The summed E-state index contributed by atoms with van der Waals surface area (Å²) in [6, 6.07) is 9.50. The van der Waals surface area contributed by atoms with Crippen molar-refractivity contribution in [1.29, 1.82) is 0 Å². The van der Waals surface area contributed by atoms with Gasteiger partial charge in [-0.3, -0.25) is 0 Å². The summed E-state index contributed by atoms with van der Waals surface area (Å²) in [7, 11) is 0. The van der Waals surface area contributed by atoms with E-state index in [1.807, 2.05) is 0 Å². The van der Waals surface area contributed by atoms with Crippen LogP contribution < -0.4 is 9.47 Å². The fourth-order valence-corrected chi connectivity index (χ4v) is 5.45. The maximum Gasteiger partial charge on any atom is 0.126 e. The van der Waals surface area contributed by atoms with Crippen molar-refractivity contribution in [3.63, 3.8) is 0 Å². The Kier molecular flexibility index (Phi) is 11.6. The average Bonchev–Trinajstić information content (AvgIpc) is 3.88. The molecule has 2 fully saturated rings. The molecule has 43 heavy (non-hydrogen) atoms. The lowest BCUT2D eigenvalue weighted by Crippen LogP contribution is -2.22. The van der Waals surface area contributed by atoms with Gasteiger partial charge >= 0.3 is 0 Å². The van der Waals surface area contributed by atoms with Gasteiger partial charge in [0.2, 0.25) is 0 Å². The predicted octanol–water partition coefficient (Wildman–Crippen LogP) is 8.09. The lowest BCUT2D eigenvalue weighted by molar-refractivity contribution is 0.0871. The number of ether oxygens (including phenoxy) is 6. The van der Waals surface area contributed by atoms with Crippen LogP contribution in [-0.4, -0.2) is 65.1 Å². The first-order valence-electron chi connectivity index (χ1n) is 16.4. The molecule has 2 aromatic rings. The van der Waals surface area contributed by atoms with Gasteiger partial charge in [-0.15, -0.1) is 0 Å². The van der Waals surface area contributed by atoms with Crippen molar-refractivity contribution in [2.24, 2.45) is 0 Å². The molecule has 6 nitrogen and oxygen atoms in total. The topological polar surface area (TPSA) is 62.0 Å². The number of benzene rings is 2. The number of epoxide rings is 2. The van der Waals surface area contributed by atoms with Crippen LogP contribution in [0.1, 0.15) is 126 Å². The van der Waals surface area contributed by atoms with Gasteiger partial charge in [-0.25, -0.2) is 0 Å². The maximum absolute atomic E-state index is 6.46. The number of hydrogen-bond acceptors (Lipinski definition) is 6. The second-order valence-corrected chi connectivity index (χ2v) is 14.0. The van der Waals surface area contributed by atoms with E-state index in [-0.39, 0.29) is 17.6 Å². The highest BCUT2D eigenvalue weighted by Crippen LogP contribution is 2.44. The van der Waals surface area contributed by atoms with E-state index in [0.717, 1.165) is 24.7 Å². The van der Waals surface area contributed by atoms with Crippen LogP contribution in [0.4, 0.5) is 0 Å². The zero-order valence-corrected chi connectivity index (χ0v) is 28.4. The zero-order chi connectivity index (χ0) is 31.3. The third-order valence-corrected chi connectivity index (χ3v) is 8.58. The minimum Gasteiger partial charge on any atom is -0.491 e.